The van der Waals surface area contributed by atoms with Crippen LogP contribution in [0, 0.1) is 0 Å². The van der Waals surface area contributed by atoms with Crippen LogP contribution in [0.25, 0.3) is 0 Å². The Kier molecular flexibility index (Phi) is 5.73. The van der Waals surface area contributed by atoms with Gasteiger partial charge in [0.1, 0.15) is 5.75 Å². The van der Waals surface area contributed by atoms with Gasteiger partial charge in [-0.1, -0.05) is 12.1 Å². The minimum atomic E-state index is -0.787. The van der Waals surface area contributed by atoms with Crippen molar-refractivity contribution in [3.8, 4) is 5.75 Å². The van der Waals surface area contributed by atoms with Gasteiger partial charge in [-0.05, 0) is 38.8 Å². The van der Waals surface area contributed by atoms with Crippen LogP contribution in [0.3, 0.4) is 0 Å². The van der Waals surface area contributed by atoms with Gasteiger partial charge in [0.05, 0.1) is 18.3 Å². The van der Waals surface area contributed by atoms with Crippen LogP contribution in [-0.4, -0.2) is 73.7 Å². The number of piperazine rings is 1. The number of hydrogen-bond acceptors (Lipinski definition) is 5. The summed E-state index contributed by atoms with van der Waals surface area (Å²) in [7, 11) is 1.72. The number of carbonyl (C=O) groups is 1. The van der Waals surface area contributed by atoms with E-state index in [1.807, 2.05) is 17.0 Å². The molecule has 6 heteroatoms. The Hall–Kier alpha value is -1.79. The zero-order valence-electron chi connectivity index (χ0n) is 16.3. The third kappa shape index (κ3) is 4.13. The van der Waals surface area contributed by atoms with E-state index in [1.54, 1.807) is 21.0 Å². The average molecular weight is 361 g/mol. The standard InChI is InChI=1S/C20H32N4O2/c1-20(2,21)19(25)24-10-6-7-16(15-24)22-11-13-23(14-12-22)17-8-4-5-9-18(17)26-3/h4-5,8-9,16H,6-7,10-15,21H2,1-3H3/t16-/m1/s1. The molecule has 6 nitrogen and oxygen atoms in total. The third-order valence-corrected chi connectivity index (χ3v) is 5.49. The van der Waals surface area contributed by atoms with E-state index in [4.69, 9.17) is 10.5 Å². The fraction of sp³-hybridized carbons (Fsp3) is 0.650. The van der Waals surface area contributed by atoms with Gasteiger partial charge in [-0.3, -0.25) is 9.69 Å². The molecule has 3 rings (SSSR count). The number of nitrogens with two attached hydrogens (primary N) is 1. The first-order valence-corrected chi connectivity index (χ1v) is 9.60. The van der Waals surface area contributed by atoms with Gasteiger partial charge in [-0.25, -0.2) is 0 Å². The Morgan fingerprint density at radius 1 is 1.15 bits per heavy atom. The maximum absolute atomic E-state index is 12.5. The molecule has 2 fully saturated rings. The van der Waals surface area contributed by atoms with Gasteiger partial charge in [0, 0.05) is 45.3 Å². The Labute approximate surface area is 156 Å². The summed E-state index contributed by atoms with van der Waals surface area (Å²) in [6, 6.07) is 8.64. The first kappa shape index (κ1) is 19.0. The molecule has 0 bridgehead atoms. The Balaban J connectivity index is 1.58. The number of benzene rings is 1. The van der Waals surface area contributed by atoms with Crippen LogP contribution in [0.4, 0.5) is 5.69 Å². The number of hydrogen-bond donors (Lipinski definition) is 1. The van der Waals surface area contributed by atoms with Crippen molar-refractivity contribution >= 4 is 11.6 Å². The summed E-state index contributed by atoms with van der Waals surface area (Å²) in [5, 5.41) is 0. The second-order valence-corrected chi connectivity index (χ2v) is 7.96. The summed E-state index contributed by atoms with van der Waals surface area (Å²) in [5.74, 6) is 0.996. The van der Waals surface area contributed by atoms with E-state index in [1.165, 1.54) is 5.69 Å². The first-order chi connectivity index (χ1) is 12.4. The lowest BCUT2D eigenvalue weighted by Gasteiger charge is -2.44. The van der Waals surface area contributed by atoms with Gasteiger partial charge in [-0.2, -0.15) is 0 Å². The monoisotopic (exact) mass is 360 g/mol. The third-order valence-electron chi connectivity index (χ3n) is 5.49. The fourth-order valence-electron chi connectivity index (χ4n) is 4.06. The molecule has 1 atom stereocenters. The van der Waals surface area contributed by atoms with Crippen molar-refractivity contribution in [1.29, 1.82) is 0 Å². The number of ether oxygens (including phenoxy) is 1. The lowest BCUT2D eigenvalue weighted by Crippen LogP contribution is -2.59. The van der Waals surface area contributed by atoms with Crippen LogP contribution in [0.2, 0.25) is 0 Å². The summed E-state index contributed by atoms with van der Waals surface area (Å²) in [6.07, 6.45) is 2.21. The largest absolute Gasteiger partial charge is 0.495 e. The average Bonchev–Trinajstić information content (AvgIpc) is 2.67. The highest BCUT2D eigenvalue weighted by molar-refractivity contribution is 5.85. The van der Waals surface area contributed by atoms with Crippen molar-refractivity contribution in [3.05, 3.63) is 24.3 Å². The molecular weight excluding hydrogens is 328 g/mol. The predicted octanol–water partition coefficient (Wildman–Crippen LogP) is 1.55. The molecule has 0 unspecified atom stereocenters. The number of likely N-dealkylation sites (tertiary alicyclic amines) is 1. The number of carbonyl (C=O) groups excluding carboxylic acids is 1. The van der Waals surface area contributed by atoms with Gasteiger partial charge in [-0.15, -0.1) is 0 Å². The molecule has 2 saturated heterocycles. The second kappa shape index (κ2) is 7.84. The van der Waals surface area contributed by atoms with Crippen molar-refractivity contribution in [1.82, 2.24) is 9.80 Å². The molecule has 2 N–H and O–H groups in total. The lowest BCUT2D eigenvalue weighted by atomic mass is 9.99. The van der Waals surface area contributed by atoms with Crippen molar-refractivity contribution < 1.29 is 9.53 Å². The highest BCUT2D eigenvalue weighted by atomic mass is 16.5. The molecule has 2 aliphatic heterocycles. The number of para-hydroxylation sites is 2. The number of methoxy groups -OCH3 is 1. The summed E-state index contributed by atoms with van der Waals surface area (Å²) < 4.78 is 5.50. The molecule has 144 valence electrons. The van der Waals surface area contributed by atoms with Crippen LogP contribution in [0.15, 0.2) is 24.3 Å². The van der Waals surface area contributed by atoms with Crippen LogP contribution in [-0.2, 0) is 4.79 Å². The van der Waals surface area contributed by atoms with E-state index in [-0.39, 0.29) is 5.91 Å². The molecule has 0 aliphatic carbocycles. The van der Waals surface area contributed by atoms with Gasteiger partial charge >= 0.3 is 0 Å². The van der Waals surface area contributed by atoms with E-state index in [0.717, 1.165) is 57.9 Å². The van der Waals surface area contributed by atoms with E-state index >= 15 is 0 Å². The number of nitrogens with zero attached hydrogens (tertiary/aromatic N) is 3. The van der Waals surface area contributed by atoms with Crippen molar-refractivity contribution in [2.24, 2.45) is 5.73 Å². The molecule has 0 saturated carbocycles. The van der Waals surface area contributed by atoms with Crippen LogP contribution >= 0.6 is 0 Å². The maximum Gasteiger partial charge on any atom is 0.242 e. The molecule has 2 heterocycles. The zero-order chi connectivity index (χ0) is 18.7. The van der Waals surface area contributed by atoms with Crippen molar-refractivity contribution in [3.63, 3.8) is 0 Å². The van der Waals surface area contributed by atoms with E-state index in [2.05, 4.69) is 21.9 Å². The highest BCUT2D eigenvalue weighted by Crippen LogP contribution is 2.29. The number of amides is 1. The first-order valence-electron chi connectivity index (χ1n) is 9.60. The topological polar surface area (TPSA) is 62.0 Å². The second-order valence-electron chi connectivity index (χ2n) is 7.96. The Morgan fingerprint density at radius 3 is 2.50 bits per heavy atom. The van der Waals surface area contributed by atoms with Crippen molar-refractivity contribution in [2.75, 3.05) is 51.3 Å². The molecule has 0 radical (unpaired) electrons. The van der Waals surface area contributed by atoms with Crippen LogP contribution in [0.1, 0.15) is 26.7 Å². The van der Waals surface area contributed by atoms with E-state index in [0.29, 0.717) is 6.04 Å². The number of piperidine rings is 1. The molecule has 0 spiro atoms. The fourth-order valence-corrected chi connectivity index (χ4v) is 4.06. The van der Waals surface area contributed by atoms with Gasteiger partial charge in [0.15, 0.2) is 0 Å². The SMILES string of the molecule is COc1ccccc1N1CCN([C@@H]2CCCN(C(=O)C(C)(C)N)C2)CC1. The van der Waals surface area contributed by atoms with Crippen molar-refractivity contribution in [2.45, 2.75) is 38.3 Å². The van der Waals surface area contributed by atoms with E-state index in [9.17, 15) is 4.79 Å². The normalized spacial score (nSPS) is 22.4. The molecule has 2 aliphatic rings. The highest BCUT2D eigenvalue weighted by Gasteiger charge is 2.34. The number of anilines is 1. The summed E-state index contributed by atoms with van der Waals surface area (Å²) in [4.78, 5) is 19.4. The Bertz CT molecular complexity index is 620. The van der Waals surface area contributed by atoms with Crippen LogP contribution in [0.5, 0.6) is 5.75 Å². The molecule has 26 heavy (non-hydrogen) atoms. The Morgan fingerprint density at radius 2 is 1.85 bits per heavy atom. The molecule has 0 aromatic heterocycles. The maximum atomic E-state index is 12.5. The number of rotatable bonds is 4. The smallest absolute Gasteiger partial charge is 0.242 e. The van der Waals surface area contributed by atoms with Gasteiger partial charge in [0.2, 0.25) is 5.91 Å². The molecule has 1 aromatic rings. The lowest BCUT2D eigenvalue weighted by molar-refractivity contribution is -0.138. The van der Waals surface area contributed by atoms with Crippen LogP contribution < -0.4 is 15.4 Å². The van der Waals surface area contributed by atoms with Gasteiger partial charge < -0.3 is 20.3 Å². The molecule has 1 aromatic carbocycles. The van der Waals surface area contributed by atoms with E-state index < -0.39 is 5.54 Å². The zero-order valence-corrected chi connectivity index (χ0v) is 16.3. The summed E-state index contributed by atoms with van der Waals surface area (Å²) in [6.45, 7) is 9.20. The quantitative estimate of drug-likeness (QED) is 0.883. The molecular formula is C20H32N4O2. The summed E-state index contributed by atoms with van der Waals surface area (Å²) >= 11 is 0. The summed E-state index contributed by atoms with van der Waals surface area (Å²) in [5.41, 5.74) is 6.40. The van der Waals surface area contributed by atoms with Gasteiger partial charge in [0.25, 0.3) is 0 Å². The molecule has 1 amide bonds. The minimum Gasteiger partial charge on any atom is -0.495 e. The minimum absolute atomic E-state index is 0.0647. The predicted molar refractivity (Wildman–Crippen MR) is 105 cm³/mol.